The van der Waals surface area contributed by atoms with Crippen LogP contribution < -0.4 is 0 Å². The highest BCUT2D eigenvalue weighted by molar-refractivity contribution is 7.47. The van der Waals surface area contributed by atoms with Gasteiger partial charge in [0, 0.05) is 25.7 Å². The van der Waals surface area contributed by atoms with Crippen LogP contribution in [0.4, 0.5) is 0 Å². The maximum Gasteiger partial charge on any atom is 0.472 e. The molecule has 570 valence electrons. The third kappa shape index (κ3) is 70.5. The van der Waals surface area contributed by atoms with Crippen LogP contribution in [0.5, 0.6) is 0 Å². The van der Waals surface area contributed by atoms with Gasteiger partial charge in [-0.25, -0.2) is 9.13 Å². The molecule has 0 aliphatic rings. The van der Waals surface area contributed by atoms with Crippen LogP contribution in [0.1, 0.15) is 389 Å². The summed E-state index contributed by atoms with van der Waals surface area (Å²) in [6.45, 7) is 14.1. The zero-order valence-corrected chi connectivity index (χ0v) is 64.8. The van der Waals surface area contributed by atoms with Crippen LogP contribution in [0.3, 0.4) is 0 Å². The van der Waals surface area contributed by atoms with Gasteiger partial charge >= 0.3 is 39.5 Å². The Morgan fingerprint density at radius 3 is 0.646 bits per heavy atom. The Hall–Kier alpha value is -1.94. The van der Waals surface area contributed by atoms with Crippen molar-refractivity contribution in [3.63, 3.8) is 0 Å². The third-order valence-corrected chi connectivity index (χ3v) is 19.7. The van der Waals surface area contributed by atoms with Gasteiger partial charge in [0.2, 0.25) is 0 Å². The monoisotopic (exact) mass is 1410 g/mol. The fraction of sp³-hybridized carbons (Fsp3) is 0.948. The molecule has 5 atom stereocenters. The minimum absolute atomic E-state index is 0.101. The van der Waals surface area contributed by atoms with Gasteiger partial charge in [0.25, 0.3) is 0 Å². The molecule has 0 rings (SSSR count). The Kier molecular flexibility index (Phi) is 65.0. The molecule has 3 unspecified atom stereocenters. The van der Waals surface area contributed by atoms with Gasteiger partial charge in [-0.05, 0) is 49.4 Å². The number of carbonyl (C=O) groups is 4. The van der Waals surface area contributed by atoms with Crippen molar-refractivity contribution in [1.29, 1.82) is 0 Å². The van der Waals surface area contributed by atoms with E-state index in [0.717, 1.165) is 108 Å². The van der Waals surface area contributed by atoms with E-state index < -0.39 is 97.5 Å². The molecule has 96 heavy (non-hydrogen) atoms. The molecule has 0 radical (unpaired) electrons. The van der Waals surface area contributed by atoms with Crippen LogP contribution in [0, 0.1) is 23.7 Å². The lowest BCUT2D eigenvalue weighted by Gasteiger charge is -2.21. The number of aliphatic hydroxyl groups is 1. The molecule has 0 aromatic heterocycles. The molecule has 0 aliphatic carbocycles. The van der Waals surface area contributed by atoms with E-state index in [4.69, 9.17) is 37.0 Å². The fourth-order valence-electron chi connectivity index (χ4n) is 11.7. The maximum absolute atomic E-state index is 13.1. The van der Waals surface area contributed by atoms with Crippen molar-refractivity contribution in [3.05, 3.63) is 0 Å². The number of unbranched alkanes of at least 4 members (excludes halogenated alkanes) is 40. The molecular formula is C77H150O17P2. The number of rotatable bonds is 74. The van der Waals surface area contributed by atoms with Crippen LogP contribution in [-0.2, 0) is 65.4 Å². The van der Waals surface area contributed by atoms with Gasteiger partial charge in [-0.1, -0.05) is 338 Å². The van der Waals surface area contributed by atoms with E-state index in [9.17, 15) is 43.2 Å². The third-order valence-electron chi connectivity index (χ3n) is 17.8. The molecule has 0 saturated heterocycles. The number of phosphoric acid groups is 2. The molecule has 0 bridgehead atoms. The summed E-state index contributed by atoms with van der Waals surface area (Å²) in [6.07, 6.45) is 51.6. The largest absolute Gasteiger partial charge is 0.472 e. The minimum atomic E-state index is -4.96. The first-order chi connectivity index (χ1) is 46.1. The fourth-order valence-corrected chi connectivity index (χ4v) is 13.3. The maximum atomic E-state index is 13.1. The van der Waals surface area contributed by atoms with Gasteiger partial charge in [-0.2, -0.15) is 0 Å². The quantitative estimate of drug-likeness (QED) is 0.0222. The van der Waals surface area contributed by atoms with Gasteiger partial charge in [0.1, 0.15) is 19.3 Å². The highest BCUT2D eigenvalue weighted by Gasteiger charge is 2.30. The summed E-state index contributed by atoms with van der Waals surface area (Å²) in [5.41, 5.74) is 0. The summed E-state index contributed by atoms with van der Waals surface area (Å²) < 4.78 is 68.5. The van der Waals surface area contributed by atoms with Crippen LogP contribution in [0.25, 0.3) is 0 Å². The Balaban J connectivity index is 5.21. The van der Waals surface area contributed by atoms with Crippen LogP contribution >= 0.6 is 15.6 Å². The molecule has 0 amide bonds. The van der Waals surface area contributed by atoms with E-state index >= 15 is 0 Å². The van der Waals surface area contributed by atoms with Gasteiger partial charge < -0.3 is 33.8 Å². The SMILES string of the molecule is CC(C)CCCCCCCCCCCCCCCCCCC(=O)O[C@H](COC(=O)CCCCCCCCCCCCCCCCC(C)C)COP(=O)(O)OCC(O)COP(=O)(O)OC[C@@H](COC(=O)CCCCCCCCCCC(C)C)OC(=O)CCCCCCCCC(C)C. The summed E-state index contributed by atoms with van der Waals surface area (Å²) in [5, 5.41) is 10.6. The molecule has 0 aromatic carbocycles. The number of aliphatic hydroxyl groups excluding tert-OH is 1. The molecule has 0 heterocycles. The normalized spacial score (nSPS) is 14.1. The average Bonchev–Trinajstić information content (AvgIpc) is 1.51. The molecule has 0 spiro atoms. The second-order valence-corrected chi connectivity index (χ2v) is 32.6. The lowest BCUT2D eigenvalue weighted by Crippen LogP contribution is -2.30. The topological polar surface area (TPSA) is 237 Å². The second-order valence-electron chi connectivity index (χ2n) is 29.7. The lowest BCUT2D eigenvalue weighted by atomic mass is 10.0. The molecule has 0 aliphatic heterocycles. The number of phosphoric ester groups is 2. The predicted molar refractivity (Wildman–Crippen MR) is 391 cm³/mol. The molecule has 0 aromatic rings. The standard InChI is InChI=1S/C77H150O17P2/c1-67(2)53-45-37-29-23-19-15-11-9-10-12-18-22-26-34-43-51-59-76(81)93-72(63-87-74(79)57-49-41-32-25-21-17-14-13-16-20-24-30-38-46-54-68(3)4)65-91-95(83,84)89-61-71(78)62-90-96(85,86)92-66-73(94-77(82)60-52-44-36-35-40-48-56-70(7)8)64-88-75(80)58-50-42-33-28-27-31-39-47-55-69(5)6/h67-73,78H,9-66H2,1-8H3,(H,83,84)(H,85,86)/t71?,72-,73-/m1/s1. The van der Waals surface area contributed by atoms with E-state index in [1.54, 1.807) is 0 Å². The van der Waals surface area contributed by atoms with E-state index in [1.165, 1.54) is 193 Å². The van der Waals surface area contributed by atoms with Crippen molar-refractivity contribution in [1.82, 2.24) is 0 Å². The van der Waals surface area contributed by atoms with Crippen molar-refractivity contribution in [3.8, 4) is 0 Å². The van der Waals surface area contributed by atoms with Gasteiger partial charge in [-0.3, -0.25) is 37.3 Å². The Morgan fingerprint density at radius 2 is 0.438 bits per heavy atom. The number of hydrogen-bond acceptors (Lipinski definition) is 15. The van der Waals surface area contributed by atoms with Crippen molar-refractivity contribution >= 4 is 39.5 Å². The first-order valence-electron chi connectivity index (χ1n) is 39.7. The first kappa shape index (κ1) is 94.1. The van der Waals surface area contributed by atoms with Gasteiger partial charge in [0.15, 0.2) is 12.2 Å². The highest BCUT2D eigenvalue weighted by Crippen LogP contribution is 2.45. The summed E-state index contributed by atoms with van der Waals surface area (Å²) >= 11 is 0. The predicted octanol–water partition coefficient (Wildman–Crippen LogP) is 22.4. The van der Waals surface area contributed by atoms with E-state index in [1.807, 2.05) is 0 Å². The lowest BCUT2D eigenvalue weighted by molar-refractivity contribution is -0.161. The minimum Gasteiger partial charge on any atom is -0.462 e. The second kappa shape index (κ2) is 66.3. The Bertz CT molecular complexity index is 1880. The van der Waals surface area contributed by atoms with Crippen molar-refractivity contribution in [2.24, 2.45) is 23.7 Å². The molecule has 3 N–H and O–H groups in total. The van der Waals surface area contributed by atoms with Gasteiger partial charge in [0.05, 0.1) is 26.4 Å². The molecule has 17 nitrogen and oxygen atoms in total. The Morgan fingerprint density at radius 1 is 0.260 bits per heavy atom. The smallest absolute Gasteiger partial charge is 0.462 e. The molecule has 0 saturated carbocycles. The highest BCUT2D eigenvalue weighted by atomic mass is 31.2. The zero-order chi connectivity index (χ0) is 71.0. The van der Waals surface area contributed by atoms with E-state index in [0.29, 0.717) is 31.6 Å². The Labute approximate surface area is 588 Å². The number of esters is 4. The van der Waals surface area contributed by atoms with E-state index in [2.05, 4.69) is 55.4 Å². The summed E-state index contributed by atoms with van der Waals surface area (Å²) in [4.78, 5) is 72.8. The number of hydrogen-bond donors (Lipinski definition) is 3. The molecular weight excluding hydrogens is 1260 g/mol. The van der Waals surface area contributed by atoms with Crippen LogP contribution in [0.15, 0.2) is 0 Å². The first-order valence-corrected chi connectivity index (χ1v) is 42.7. The molecule has 19 heteroatoms. The number of ether oxygens (including phenoxy) is 4. The van der Waals surface area contributed by atoms with Crippen molar-refractivity contribution in [2.45, 2.75) is 408 Å². The van der Waals surface area contributed by atoms with Gasteiger partial charge in [-0.15, -0.1) is 0 Å². The zero-order valence-electron chi connectivity index (χ0n) is 63.0. The van der Waals surface area contributed by atoms with Crippen LogP contribution in [-0.4, -0.2) is 96.7 Å². The summed E-state index contributed by atoms with van der Waals surface area (Å²) in [6, 6.07) is 0. The molecule has 0 fully saturated rings. The summed E-state index contributed by atoms with van der Waals surface area (Å²) in [7, 11) is -9.91. The average molecular weight is 1410 g/mol. The van der Waals surface area contributed by atoms with E-state index in [-0.39, 0.29) is 25.7 Å². The van der Waals surface area contributed by atoms with Crippen molar-refractivity contribution in [2.75, 3.05) is 39.6 Å². The van der Waals surface area contributed by atoms with Crippen LogP contribution in [0.2, 0.25) is 0 Å². The van der Waals surface area contributed by atoms with Crippen molar-refractivity contribution < 1.29 is 80.2 Å². The number of carbonyl (C=O) groups excluding carboxylic acids is 4. The summed E-state index contributed by atoms with van der Waals surface area (Å²) in [5.74, 6) is 0.880.